The van der Waals surface area contributed by atoms with E-state index < -0.39 is 0 Å². The zero-order chi connectivity index (χ0) is 14.5. The Labute approximate surface area is 132 Å². The molecule has 0 saturated heterocycles. The standard InChI is InChI=1S/C15H14N4S2/c20-15(16-11-14-3-1-10-21-14)18-12-4-6-13(7-5-12)19-9-2-8-17-19/h1-10H,11H2,(H2,16,18,20). The van der Waals surface area contributed by atoms with Crippen LogP contribution in [0, 0.1) is 0 Å². The van der Waals surface area contributed by atoms with Gasteiger partial charge in [-0.3, -0.25) is 0 Å². The predicted molar refractivity (Wildman–Crippen MR) is 90.9 cm³/mol. The first-order valence-corrected chi connectivity index (χ1v) is 7.77. The zero-order valence-corrected chi connectivity index (χ0v) is 12.8. The van der Waals surface area contributed by atoms with E-state index in [-0.39, 0.29) is 0 Å². The second-order valence-corrected chi connectivity index (χ2v) is 5.83. The molecule has 2 aromatic heterocycles. The molecule has 6 heteroatoms. The van der Waals surface area contributed by atoms with Gasteiger partial charge in [-0.05, 0) is 54.0 Å². The smallest absolute Gasteiger partial charge is 0.171 e. The van der Waals surface area contributed by atoms with Gasteiger partial charge < -0.3 is 10.6 Å². The Morgan fingerprint density at radius 1 is 1.19 bits per heavy atom. The van der Waals surface area contributed by atoms with E-state index in [1.165, 1.54) is 4.88 Å². The fourth-order valence-corrected chi connectivity index (χ4v) is 2.71. The zero-order valence-electron chi connectivity index (χ0n) is 11.2. The quantitative estimate of drug-likeness (QED) is 0.724. The molecular weight excluding hydrogens is 300 g/mol. The summed E-state index contributed by atoms with van der Waals surface area (Å²) < 4.78 is 1.82. The van der Waals surface area contributed by atoms with Gasteiger partial charge in [0.2, 0.25) is 0 Å². The monoisotopic (exact) mass is 314 g/mol. The summed E-state index contributed by atoms with van der Waals surface area (Å²) in [6, 6.07) is 14.0. The first-order chi connectivity index (χ1) is 10.3. The van der Waals surface area contributed by atoms with Gasteiger partial charge in [0.15, 0.2) is 5.11 Å². The van der Waals surface area contributed by atoms with E-state index in [2.05, 4.69) is 27.2 Å². The van der Waals surface area contributed by atoms with Gasteiger partial charge in [0.1, 0.15) is 0 Å². The first kappa shape index (κ1) is 13.8. The predicted octanol–water partition coefficient (Wildman–Crippen LogP) is 3.42. The molecule has 2 heterocycles. The van der Waals surface area contributed by atoms with Crippen molar-refractivity contribution in [1.82, 2.24) is 15.1 Å². The summed E-state index contributed by atoms with van der Waals surface area (Å²) in [4.78, 5) is 1.26. The lowest BCUT2D eigenvalue weighted by molar-refractivity contribution is 0.881. The number of rotatable bonds is 4. The number of hydrogen-bond donors (Lipinski definition) is 2. The van der Waals surface area contributed by atoms with E-state index in [1.54, 1.807) is 17.5 Å². The van der Waals surface area contributed by atoms with E-state index in [0.29, 0.717) is 5.11 Å². The SMILES string of the molecule is S=C(NCc1cccs1)Nc1ccc(-n2cccn2)cc1. The second-order valence-electron chi connectivity index (χ2n) is 4.38. The van der Waals surface area contributed by atoms with E-state index in [9.17, 15) is 0 Å². The number of thiocarbonyl (C=S) groups is 1. The molecular formula is C15H14N4S2. The fraction of sp³-hybridized carbons (Fsp3) is 0.0667. The first-order valence-electron chi connectivity index (χ1n) is 6.48. The summed E-state index contributed by atoms with van der Waals surface area (Å²) in [5.41, 5.74) is 1.97. The minimum atomic E-state index is 0.621. The van der Waals surface area contributed by atoms with Crippen molar-refractivity contribution in [2.24, 2.45) is 0 Å². The largest absolute Gasteiger partial charge is 0.358 e. The van der Waals surface area contributed by atoms with Gasteiger partial charge in [-0.2, -0.15) is 5.10 Å². The van der Waals surface area contributed by atoms with E-state index in [1.807, 2.05) is 47.3 Å². The highest BCUT2D eigenvalue weighted by molar-refractivity contribution is 7.80. The molecule has 0 bridgehead atoms. The van der Waals surface area contributed by atoms with Gasteiger partial charge in [-0.25, -0.2) is 4.68 Å². The summed E-state index contributed by atoms with van der Waals surface area (Å²) in [5, 5.41) is 13.2. The molecule has 0 amide bonds. The second kappa shape index (κ2) is 6.51. The van der Waals surface area contributed by atoms with Crippen LogP contribution in [0.15, 0.2) is 60.2 Å². The molecule has 0 spiro atoms. The van der Waals surface area contributed by atoms with E-state index in [0.717, 1.165) is 17.9 Å². The van der Waals surface area contributed by atoms with Crippen LogP contribution in [0.3, 0.4) is 0 Å². The Morgan fingerprint density at radius 2 is 2.05 bits per heavy atom. The third-order valence-corrected chi connectivity index (χ3v) is 4.02. The van der Waals surface area contributed by atoms with Crippen molar-refractivity contribution in [2.75, 3.05) is 5.32 Å². The maximum Gasteiger partial charge on any atom is 0.171 e. The summed E-state index contributed by atoms with van der Waals surface area (Å²) in [5.74, 6) is 0. The fourth-order valence-electron chi connectivity index (χ4n) is 1.87. The Hall–Kier alpha value is -2.18. The third-order valence-electron chi connectivity index (χ3n) is 2.90. The minimum Gasteiger partial charge on any atom is -0.358 e. The maximum atomic E-state index is 5.29. The molecule has 21 heavy (non-hydrogen) atoms. The van der Waals surface area contributed by atoms with Gasteiger partial charge >= 0.3 is 0 Å². The summed E-state index contributed by atoms with van der Waals surface area (Å²) in [7, 11) is 0. The molecule has 2 N–H and O–H groups in total. The van der Waals surface area contributed by atoms with E-state index >= 15 is 0 Å². The van der Waals surface area contributed by atoms with Crippen LogP contribution in [0.4, 0.5) is 5.69 Å². The Kier molecular flexibility index (Phi) is 4.28. The van der Waals surface area contributed by atoms with Gasteiger partial charge in [-0.1, -0.05) is 6.07 Å². The summed E-state index contributed by atoms with van der Waals surface area (Å²) in [6.45, 7) is 0.745. The van der Waals surface area contributed by atoms with Crippen molar-refractivity contribution in [3.05, 3.63) is 65.1 Å². The van der Waals surface area contributed by atoms with Crippen LogP contribution >= 0.6 is 23.6 Å². The van der Waals surface area contributed by atoms with Crippen LogP contribution in [0.1, 0.15) is 4.88 Å². The number of aromatic nitrogens is 2. The molecule has 0 aliphatic rings. The van der Waals surface area contributed by atoms with Gasteiger partial charge in [0.25, 0.3) is 0 Å². The van der Waals surface area contributed by atoms with Crippen LogP contribution in [-0.2, 0) is 6.54 Å². The minimum absolute atomic E-state index is 0.621. The third kappa shape index (κ3) is 3.68. The lowest BCUT2D eigenvalue weighted by Gasteiger charge is -2.10. The Balaban J connectivity index is 1.56. The van der Waals surface area contributed by atoms with Crippen LogP contribution in [0.5, 0.6) is 0 Å². The Bertz CT molecular complexity index is 688. The molecule has 0 fully saturated rings. The molecule has 0 saturated carbocycles. The van der Waals surface area contributed by atoms with Crippen molar-refractivity contribution in [3.63, 3.8) is 0 Å². The number of hydrogen-bond acceptors (Lipinski definition) is 3. The lowest BCUT2D eigenvalue weighted by Crippen LogP contribution is -2.27. The van der Waals surface area contributed by atoms with Gasteiger partial charge in [-0.15, -0.1) is 11.3 Å². The van der Waals surface area contributed by atoms with Crippen LogP contribution in [0.25, 0.3) is 5.69 Å². The number of thiophene rings is 1. The molecule has 0 aliphatic carbocycles. The summed E-state index contributed by atoms with van der Waals surface area (Å²) in [6.07, 6.45) is 3.67. The highest BCUT2D eigenvalue weighted by Gasteiger charge is 2.00. The highest BCUT2D eigenvalue weighted by atomic mass is 32.1. The number of benzene rings is 1. The van der Waals surface area contributed by atoms with Crippen LogP contribution < -0.4 is 10.6 Å². The molecule has 106 valence electrons. The number of nitrogens with zero attached hydrogens (tertiary/aromatic N) is 2. The van der Waals surface area contributed by atoms with Crippen molar-refractivity contribution in [2.45, 2.75) is 6.54 Å². The van der Waals surface area contributed by atoms with Gasteiger partial charge in [0.05, 0.1) is 12.2 Å². The maximum absolute atomic E-state index is 5.29. The molecule has 0 aliphatic heterocycles. The van der Waals surface area contributed by atoms with Crippen LogP contribution in [-0.4, -0.2) is 14.9 Å². The molecule has 1 aromatic carbocycles. The molecule has 3 aromatic rings. The molecule has 4 nitrogen and oxygen atoms in total. The average molecular weight is 314 g/mol. The van der Waals surface area contributed by atoms with E-state index in [4.69, 9.17) is 12.2 Å². The normalized spacial score (nSPS) is 10.3. The van der Waals surface area contributed by atoms with Crippen molar-refractivity contribution >= 4 is 34.4 Å². The topological polar surface area (TPSA) is 41.9 Å². The van der Waals surface area contributed by atoms with Crippen molar-refractivity contribution in [1.29, 1.82) is 0 Å². The van der Waals surface area contributed by atoms with Gasteiger partial charge in [0, 0.05) is 23.0 Å². The Morgan fingerprint density at radius 3 is 2.71 bits per heavy atom. The molecule has 0 atom stereocenters. The molecule has 0 unspecified atom stereocenters. The number of nitrogens with one attached hydrogen (secondary N) is 2. The average Bonchev–Trinajstić information content (AvgIpc) is 3.19. The molecule has 3 rings (SSSR count). The number of anilines is 1. The summed E-state index contributed by atoms with van der Waals surface area (Å²) >= 11 is 7.00. The van der Waals surface area contributed by atoms with Crippen molar-refractivity contribution < 1.29 is 0 Å². The lowest BCUT2D eigenvalue weighted by atomic mass is 10.3. The van der Waals surface area contributed by atoms with Crippen LogP contribution in [0.2, 0.25) is 0 Å². The van der Waals surface area contributed by atoms with Crippen molar-refractivity contribution in [3.8, 4) is 5.69 Å². The molecule has 0 radical (unpaired) electrons. The highest BCUT2D eigenvalue weighted by Crippen LogP contribution is 2.13.